The number of nitrogens with one attached hydrogen (secondary N) is 1. The molecule has 1 amide bonds. The van der Waals surface area contributed by atoms with E-state index in [0.29, 0.717) is 16.6 Å². The lowest BCUT2D eigenvalue weighted by Crippen LogP contribution is -2.34. The summed E-state index contributed by atoms with van der Waals surface area (Å²) in [6.07, 6.45) is 5.16. The molecule has 3 aromatic rings. The van der Waals surface area contributed by atoms with Crippen LogP contribution in [0.1, 0.15) is 35.9 Å². The van der Waals surface area contributed by atoms with Crippen LogP contribution >= 0.6 is 11.3 Å². The molecule has 136 valence electrons. The minimum absolute atomic E-state index is 0.0297. The van der Waals surface area contributed by atoms with Crippen molar-refractivity contribution in [1.82, 2.24) is 19.9 Å². The summed E-state index contributed by atoms with van der Waals surface area (Å²) in [6.45, 7) is 4.27. The minimum atomic E-state index is -0.491. The normalized spacial score (nSPS) is 17.6. The molecular weight excluding hydrogens is 354 g/mol. The van der Waals surface area contributed by atoms with E-state index >= 15 is 0 Å². The molecule has 0 aromatic carbocycles. The van der Waals surface area contributed by atoms with E-state index in [4.69, 9.17) is 4.42 Å². The van der Waals surface area contributed by atoms with Crippen molar-refractivity contribution >= 4 is 27.3 Å². The molecule has 1 N–H and O–H groups in total. The van der Waals surface area contributed by atoms with Crippen LogP contribution in [-0.4, -0.2) is 33.6 Å². The summed E-state index contributed by atoms with van der Waals surface area (Å²) in [5.41, 5.74) is -0.488. The Kier molecular flexibility index (Phi) is 4.46. The highest BCUT2D eigenvalue weighted by molar-refractivity contribution is 7.20. The van der Waals surface area contributed by atoms with E-state index in [-0.39, 0.29) is 12.1 Å². The Hall–Kier alpha value is -2.68. The monoisotopic (exact) mass is 373 g/mol. The SMILES string of the molecule is CC1CCCN(c2nn3c(=O)c(C(=O)NCc4ccco4)cnc3s2)C1. The van der Waals surface area contributed by atoms with Crippen molar-refractivity contribution in [2.24, 2.45) is 5.92 Å². The van der Waals surface area contributed by atoms with Gasteiger partial charge in [0.25, 0.3) is 11.5 Å². The second-order valence-electron chi connectivity index (χ2n) is 6.51. The average Bonchev–Trinajstić information content (AvgIpc) is 3.30. The number of hydrogen-bond acceptors (Lipinski definition) is 7. The van der Waals surface area contributed by atoms with Gasteiger partial charge in [-0.25, -0.2) is 4.98 Å². The first-order valence-electron chi connectivity index (χ1n) is 8.56. The lowest BCUT2D eigenvalue weighted by molar-refractivity contribution is 0.0946. The second kappa shape index (κ2) is 6.91. The molecule has 1 aliphatic heterocycles. The van der Waals surface area contributed by atoms with Gasteiger partial charge >= 0.3 is 0 Å². The maximum atomic E-state index is 12.7. The van der Waals surface area contributed by atoms with Gasteiger partial charge in [0.05, 0.1) is 12.8 Å². The van der Waals surface area contributed by atoms with E-state index in [1.165, 1.54) is 34.7 Å². The van der Waals surface area contributed by atoms with Gasteiger partial charge in [-0.05, 0) is 30.9 Å². The number of anilines is 1. The Balaban J connectivity index is 1.58. The Labute approximate surface area is 153 Å². The number of rotatable bonds is 4. The van der Waals surface area contributed by atoms with E-state index in [1.807, 2.05) is 0 Å². The fourth-order valence-corrected chi connectivity index (χ4v) is 3.99. The van der Waals surface area contributed by atoms with Crippen molar-refractivity contribution < 1.29 is 9.21 Å². The quantitative estimate of drug-likeness (QED) is 0.751. The fourth-order valence-electron chi connectivity index (χ4n) is 3.10. The topological polar surface area (TPSA) is 92.7 Å². The van der Waals surface area contributed by atoms with Gasteiger partial charge < -0.3 is 14.6 Å². The molecule has 1 atom stereocenters. The predicted octanol–water partition coefficient (Wildman–Crippen LogP) is 1.91. The van der Waals surface area contributed by atoms with Crippen LogP contribution in [0.25, 0.3) is 4.96 Å². The summed E-state index contributed by atoms with van der Waals surface area (Å²) in [5, 5.41) is 7.85. The Morgan fingerprint density at radius 1 is 1.50 bits per heavy atom. The van der Waals surface area contributed by atoms with Crippen LogP contribution in [0.15, 0.2) is 33.8 Å². The molecule has 26 heavy (non-hydrogen) atoms. The molecule has 1 saturated heterocycles. The molecule has 0 saturated carbocycles. The Morgan fingerprint density at radius 3 is 3.15 bits per heavy atom. The number of hydrogen-bond donors (Lipinski definition) is 1. The van der Waals surface area contributed by atoms with Crippen LogP contribution in [0.4, 0.5) is 5.13 Å². The molecule has 0 radical (unpaired) electrons. The van der Waals surface area contributed by atoms with Gasteiger partial charge in [-0.1, -0.05) is 18.3 Å². The highest BCUT2D eigenvalue weighted by Gasteiger charge is 2.22. The number of carbonyl (C=O) groups excluding carboxylic acids is 1. The summed E-state index contributed by atoms with van der Waals surface area (Å²) >= 11 is 1.37. The number of furan rings is 1. The van der Waals surface area contributed by atoms with Gasteiger partial charge in [0.15, 0.2) is 0 Å². The number of fused-ring (bicyclic) bond motifs is 1. The molecule has 4 rings (SSSR count). The van der Waals surface area contributed by atoms with Gasteiger partial charge in [0, 0.05) is 19.3 Å². The molecule has 0 bridgehead atoms. The number of nitrogens with zero attached hydrogens (tertiary/aromatic N) is 4. The van der Waals surface area contributed by atoms with Crippen molar-refractivity contribution in [3.8, 4) is 0 Å². The third kappa shape index (κ3) is 3.22. The van der Waals surface area contributed by atoms with Crippen molar-refractivity contribution in [3.63, 3.8) is 0 Å². The molecule has 8 nitrogen and oxygen atoms in total. The highest BCUT2D eigenvalue weighted by atomic mass is 32.1. The third-order valence-corrected chi connectivity index (χ3v) is 5.43. The number of carbonyl (C=O) groups is 1. The maximum Gasteiger partial charge on any atom is 0.288 e. The van der Waals surface area contributed by atoms with Gasteiger partial charge in [-0.15, -0.1) is 5.10 Å². The van der Waals surface area contributed by atoms with E-state index < -0.39 is 11.5 Å². The third-order valence-electron chi connectivity index (χ3n) is 4.45. The van der Waals surface area contributed by atoms with Crippen molar-refractivity contribution in [2.75, 3.05) is 18.0 Å². The van der Waals surface area contributed by atoms with Crippen LogP contribution in [0.2, 0.25) is 0 Å². The fraction of sp³-hybridized carbons (Fsp3) is 0.412. The first kappa shape index (κ1) is 16.8. The smallest absolute Gasteiger partial charge is 0.288 e. The second-order valence-corrected chi connectivity index (χ2v) is 7.45. The van der Waals surface area contributed by atoms with E-state index in [0.717, 1.165) is 24.6 Å². The van der Waals surface area contributed by atoms with Crippen LogP contribution in [-0.2, 0) is 6.54 Å². The van der Waals surface area contributed by atoms with Crippen LogP contribution in [0.5, 0.6) is 0 Å². The lowest BCUT2D eigenvalue weighted by Gasteiger charge is -2.30. The van der Waals surface area contributed by atoms with E-state index in [9.17, 15) is 9.59 Å². The number of amides is 1. The highest BCUT2D eigenvalue weighted by Crippen LogP contribution is 2.26. The minimum Gasteiger partial charge on any atom is -0.467 e. The van der Waals surface area contributed by atoms with E-state index in [2.05, 4.69) is 27.2 Å². The van der Waals surface area contributed by atoms with Crippen LogP contribution in [0.3, 0.4) is 0 Å². The Bertz CT molecular complexity index is 978. The number of aromatic nitrogens is 3. The first-order valence-corrected chi connectivity index (χ1v) is 9.38. The molecule has 1 aliphatic rings. The van der Waals surface area contributed by atoms with Gasteiger partial charge in [0.1, 0.15) is 11.3 Å². The lowest BCUT2D eigenvalue weighted by atomic mass is 10.0. The van der Waals surface area contributed by atoms with Crippen molar-refractivity contribution in [3.05, 3.63) is 46.3 Å². The molecular formula is C17H19N5O3S. The van der Waals surface area contributed by atoms with Crippen molar-refractivity contribution in [2.45, 2.75) is 26.3 Å². The van der Waals surface area contributed by atoms with Crippen molar-refractivity contribution in [1.29, 1.82) is 0 Å². The van der Waals surface area contributed by atoms with Crippen LogP contribution in [0, 0.1) is 5.92 Å². The summed E-state index contributed by atoms with van der Waals surface area (Å²) in [5.74, 6) is 0.723. The zero-order valence-electron chi connectivity index (χ0n) is 14.3. The average molecular weight is 373 g/mol. The van der Waals surface area contributed by atoms with Gasteiger partial charge in [0.2, 0.25) is 10.1 Å². The summed E-state index contributed by atoms with van der Waals surface area (Å²) < 4.78 is 6.39. The van der Waals surface area contributed by atoms with Gasteiger partial charge in [-0.3, -0.25) is 9.59 Å². The molecule has 4 heterocycles. The summed E-state index contributed by atoms with van der Waals surface area (Å²) in [4.78, 5) is 31.9. The zero-order chi connectivity index (χ0) is 18.1. The van der Waals surface area contributed by atoms with Crippen LogP contribution < -0.4 is 15.8 Å². The molecule has 1 unspecified atom stereocenters. The first-order chi connectivity index (χ1) is 12.6. The molecule has 0 spiro atoms. The van der Waals surface area contributed by atoms with Gasteiger partial charge in [-0.2, -0.15) is 4.52 Å². The Morgan fingerprint density at radius 2 is 2.38 bits per heavy atom. The molecule has 9 heteroatoms. The summed E-state index contributed by atoms with van der Waals surface area (Å²) in [7, 11) is 0. The summed E-state index contributed by atoms with van der Waals surface area (Å²) in [6, 6.07) is 3.49. The molecule has 1 fully saturated rings. The van der Waals surface area contributed by atoms with E-state index in [1.54, 1.807) is 12.1 Å². The maximum absolute atomic E-state index is 12.7. The standard InChI is InChI=1S/C17H19N5O3S/c1-11-4-2-6-21(10-11)17-20-22-15(24)13(9-19-16(22)26-17)14(23)18-8-12-5-3-7-25-12/h3,5,7,9,11H,2,4,6,8,10H2,1H3,(H,18,23). The molecule has 0 aliphatic carbocycles. The predicted molar refractivity (Wildman–Crippen MR) is 97.6 cm³/mol. The molecule has 3 aromatic heterocycles. The number of piperidine rings is 1. The zero-order valence-corrected chi connectivity index (χ0v) is 15.2. The largest absolute Gasteiger partial charge is 0.467 e.